The Morgan fingerprint density at radius 1 is 1.10 bits per heavy atom. The number of nitrogens with zero attached hydrogens (tertiary/aromatic N) is 1. The zero-order valence-electron chi connectivity index (χ0n) is 15.7. The summed E-state index contributed by atoms with van der Waals surface area (Å²) in [6, 6.07) is 12.4. The van der Waals surface area contributed by atoms with Crippen molar-refractivity contribution in [3.05, 3.63) is 64.7 Å². The van der Waals surface area contributed by atoms with E-state index in [1.807, 2.05) is 0 Å². The largest absolute Gasteiger partial charge is 0.513 e. The van der Waals surface area contributed by atoms with Crippen molar-refractivity contribution < 1.29 is 28.1 Å². The molecule has 29 heavy (non-hydrogen) atoms. The Kier molecular flexibility index (Phi) is 6.51. The van der Waals surface area contributed by atoms with Gasteiger partial charge in [-0.3, -0.25) is 14.9 Å². The maximum absolute atomic E-state index is 13.4. The fourth-order valence-corrected chi connectivity index (χ4v) is 4.02. The molecule has 3 rings (SSSR count). The molecule has 1 aliphatic rings. The minimum Gasteiger partial charge on any atom is -0.461 e. The summed E-state index contributed by atoms with van der Waals surface area (Å²) in [6.07, 6.45) is 2.53. The number of rotatable bonds is 9. The predicted molar refractivity (Wildman–Crippen MR) is 105 cm³/mol. The van der Waals surface area contributed by atoms with E-state index < -0.39 is 24.7 Å². The van der Waals surface area contributed by atoms with E-state index in [0.717, 1.165) is 19.3 Å². The van der Waals surface area contributed by atoms with E-state index in [4.69, 9.17) is 13.8 Å². The van der Waals surface area contributed by atoms with E-state index in [-0.39, 0.29) is 23.3 Å². The lowest BCUT2D eigenvalue weighted by molar-refractivity contribution is -0.384. The molecular weight excluding hydrogens is 399 g/mol. The second kappa shape index (κ2) is 9.07. The van der Waals surface area contributed by atoms with Crippen LogP contribution in [0.3, 0.4) is 0 Å². The first-order valence-electron chi connectivity index (χ1n) is 9.12. The highest BCUT2D eigenvalue weighted by molar-refractivity contribution is 7.52. The lowest BCUT2D eigenvalue weighted by Crippen LogP contribution is -2.39. The maximum Gasteiger partial charge on any atom is 0.513 e. The van der Waals surface area contributed by atoms with Crippen molar-refractivity contribution in [1.82, 2.24) is 5.09 Å². The van der Waals surface area contributed by atoms with Crippen LogP contribution in [-0.4, -0.2) is 23.0 Å². The van der Waals surface area contributed by atoms with Crippen LogP contribution in [0.4, 0.5) is 5.69 Å². The molecule has 9 nitrogen and oxygen atoms in total. The molecule has 0 aromatic heterocycles. The van der Waals surface area contributed by atoms with E-state index in [2.05, 4.69) is 5.09 Å². The molecule has 0 amide bonds. The molecule has 2 aromatic carbocycles. The van der Waals surface area contributed by atoms with Crippen molar-refractivity contribution in [3.63, 3.8) is 0 Å². The fourth-order valence-electron chi connectivity index (χ4n) is 2.50. The molecule has 0 spiro atoms. The number of nitro benzene ring substituents is 1. The summed E-state index contributed by atoms with van der Waals surface area (Å²) >= 11 is 0. The van der Waals surface area contributed by atoms with E-state index >= 15 is 0 Å². The van der Waals surface area contributed by atoms with E-state index in [0.29, 0.717) is 0 Å². The number of ether oxygens (including phenoxy) is 1. The first kappa shape index (κ1) is 20.8. The highest BCUT2D eigenvalue weighted by Crippen LogP contribution is 2.45. The molecule has 0 aliphatic heterocycles. The van der Waals surface area contributed by atoms with Crippen LogP contribution in [0.5, 0.6) is 11.5 Å². The van der Waals surface area contributed by atoms with Gasteiger partial charge < -0.3 is 13.8 Å². The van der Waals surface area contributed by atoms with Crippen LogP contribution < -0.4 is 14.1 Å². The third-order valence-electron chi connectivity index (χ3n) is 4.28. The van der Waals surface area contributed by atoms with Gasteiger partial charge in [0.15, 0.2) is 0 Å². The van der Waals surface area contributed by atoms with Crippen LogP contribution in [0, 0.1) is 10.1 Å². The van der Waals surface area contributed by atoms with Crippen LogP contribution >= 0.6 is 7.75 Å². The molecule has 0 heterocycles. The Bertz CT molecular complexity index is 901. The maximum atomic E-state index is 13.4. The van der Waals surface area contributed by atoms with Gasteiger partial charge in [0.2, 0.25) is 0 Å². The summed E-state index contributed by atoms with van der Waals surface area (Å²) in [5, 5.41) is 13.4. The first-order valence-corrected chi connectivity index (χ1v) is 10.7. The van der Waals surface area contributed by atoms with Crippen LogP contribution in [0.2, 0.25) is 0 Å². The number of carbonyl (C=O) groups excluding carboxylic acids is 1. The summed E-state index contributed by atoms with van der Waals surface area (Å²) in [6.45, 7) is 1.50. The van der Waals surface area contributed by atoms with Gasteiger partial charge in [-0.25, -0.2) is 4.57 Å². The van der Waals surface area contributed by atoms with Gasteiger partial charge in [0.05, 0.1) is 4.92 Å². The molecule has 2 atom stereocenters. The minimum absolute atomic E-state index is 0.0851. The predicted octanol–water partition coefficient (Wildman–Crippen LogP) is 4.23. The summed E-state index contributed by atoms with van der Waals surface area (Å²) in [5.74, 6) is -0.203. The smallest absolute Gasteiger partial charge is 0.461 e. The molecule has 1 N–H and O–H groups in total. The molecule has 154 valence electrons. The normalized spacial score (nSPS) is 16.7. The topological polar surface area (TPSA) is 117 Å². The number of non-ortho nitro benzene ring substituents is 1. The monoisotopic (exact) mass is 420 g/mol. The molecular formula is C19H21N2O7P. The Morgan fingerprint density at radius 3 is 2.21 bits per heavy atom. The molecule has 0 saturated heterocycles. The molecule has 1 saturated carbocycles. The van der Waals surface area contributed by atoms with Gasteiger partial charge >= 0.3 is 13.7 Å². The van der Waals surface area contributed by atoms with Crippen molar-refractivity contribution in [2.75, 3.05) is 0 Å². The average molecular weight is 420 g/mol. The van der Waals surface area contributed by atoms with Crippen LogP contribution in [0.1, 0.15) is 26.2 Å². The SMILES string of the molecule is C[C@H](N[P@](=O)(Oc1ccccc1)Oc1ccc([N+](=O)[O-])cc1)C(=O)OC1CCC1. The van der Waals surface area contributed by atoms with Crippen molar-refractivity contribution >= 4 is 19.4 Å². The number of para-hydroxylation sites is 1. The number of esters is 1. The molecule has 0 unspecified atom stereocenters. The van der Waals surface area contributed by atoms with Crippen molar-refractivity contribution in [1.29, 1.82) is 0 Å². The second-order valence-electron chi connectivity index (χ2n) is 6.58. The Morgan fingerprint density at radius 2 is 1.69 bits per heavy atom. The Hall–Kier alpha value is -2.90. The molecule has 0 radical (unpaired) electrons. The third-order valence-corrected chi connectivity index (χ3v) is 5.89. The van der Waals surface area contributed by atoms with Crippen molar-refractivity contribution in [2.45, 2.75) is 38.3 Å². The van der Waals surface area contributed by atoms with E-state index in [1.165, 1.54) is 31.2 Å². The quantitative estimate of drug-likeness (QED) is 0.277. The van der Waals surface area contributed by atoms with Crippen LogP contribution in [0.15, 0.2) is 54.6 Å². The highest BCUT2D eigenvalue weighted by Gasteiger charge is 2.35. The van der Waals surface area contributed by atoms with E-state index in [1.54, 1.807) is 30.3 Å². The summed E-state index contributed by atoms with van der Waals surface area (Å²) < 4.78 is 29.7. The third kappa shape index (κ3) is 5.79. The van der Waals surface area contributed by atoms with Gasteiger partial charge in [0.25, 0.3) is 5.69 Å². The molecule has 10 heteroatoms. The van der Waals surface area contributed by atoms with Gasteiger partial charge in [0, 0.05) is 12.1 Å². The Labute approximate surface area is 167 Å². The molecule has 1 fully saturated rings. The molecule has 1 aliphatic carbocycles. The second-order valence-corrected chi connectivity index (χ2v) is 8.20. The zero-order valence-corrected chi connectivity index (χ0v) is 16.6. The summed E-state index contributed by atoms with van der Waals surface area (Å²) in [7, 11) is -4.07. The molecule has 2 aromatic rings. The van der Waals surface area contributed by atoms with E-state index in [9.17, 15) is 19.5 Å². The van der Waals surface area contributed by atoms with Crippen molar-refractivity contribution in [2.24, 2.45) is 0 Å². The number of hydrogen-bond donors (Lipinski definition) is 1. The van der Waals surface area contributed by atoms with Gasteiger partial charge in [0.1, 0.15) is 23.6 Å². The minimum atomic E-state index is -4.07. The number of carbonyl (C=O) groups is 1. The number of benzene rings is 2. The summed E-state index contributed by atoms with van der Waals surface area (Å²) in [4.78, 5) is 22.5. The molecule has 0 bridgehead atoms. The number of nitrogens with one attached hydrogen (secondary N) is 1. The summed E-state index contributed by atoms with van der Waals surface area (Å²) in [5.41, 5.74) is -0.137. The van der Waals surface area contributed by atoms with Gasteiger partial charge in [-0.15, -0.1) is 0 Å². The lowest BCUT2D eigenvalue weighted by Gasteiger charge is -2.28. The van der Waals surface area contributed by atoms with Gasteiger partial charge in [-0.2, -0.15) is 5.09 Å². The number of hydrogen-bond acceptors (Lipinski definition) is 7. The number of nitro groups is 1. The van der Waals surface area contributed by atoms with Crippen LogP contribution in [-0.2, 0) is 14.1 Å². The first-order chi connectivity index (χ1) is 13.8. The zero-order chi connectivity index (χ0) is 20.9. The highest BCUT2D eigenvalue weighted by atomic mass is 31.2. The average Bonchev–Trinajstić information content (AvgIpc) is 2.65. The standard InChI is InChI=1S/C19H21N2O7P/c1-14(19(22)26-16-8-5-9-16)20-29(25,27-17-6-3-2-4-7-17)28-18-12-10-15(11-13-18)21(23)24/h2-4,6-7,10-14,16H,5,8-9H2,1H3,(H,20,25)/t14-,29-/m0/s1. The van der Waals surface area contributed by atoms with Gasteiger partial charge in [-0.1, -0.05) is 18.2 Å². The van der Waals surface area contributed by atoms with Gasteiger partial charge in [-0.05, 0) is 50.5 Å². The lowest BCUT2D eigenvalue weighted by atomic mass is 9.96. The van der Waals surface area contributed by atoms with Crippen molar-refractivity contribution in [3.8, 4) is 11.5 Å². The Balaban J connectivity index is 1.75. The van der Waals surface area contributed by atoms with Crippen LogP contribution in [0.25, 0.3) is 0 Å². The fraction of sp³-hybridized carbons (Fsp3) is 0.316.